The maximum Gasteiger partial charge on any atom is 0.147 e. The molecule has 2 N–H and O–H groups in total. The highest BCUT2D eigenvalue weighted by atomic mass is 35.5. The van der Waals surface area contributed by atoms with Crippen molar-refractivity contribution in [3.63, 3.8) is 0 Å². The van der Waals surface area contributed by atoms with Crippen LogP contribution in [-0.2, 0) is 6.54 Å². The molecule has 2 aromatic rings. The van der Waals surface area contributed by atoms with Crippen LogP contribution in [-0.4, -0.2) is 12.2 Å². The molecule has 0 fully saturated rings. The van der Waals surface area contributed by atoms with E-state index >= 15 is 0 Å². The van der Waals surface area contributed by atoms with Crippen molar-refractivity contribution >= 4 is 17.3 Å². The molecule has 2 rings (SSSR count). The zero-order valence-electron chi connectivity index (χ0n) is 10.3. The Bertz CT molecular complexity index is 590. The second-order valence-corrected chi connectivity index (χ2v) is 4.41. The number of halogens is 2. The largest absolute Gasteiger partial charge is 0.508 e. The molecule has 0 aliphatic carbocycles. The van der Waals surface area contributed by atoms with Gasteiger partial charge in [0, 0.05) is 17.1 Å². The van der Waals surface area contributed by atoms with Crippen molar-refractivity contribution in [2.75, 3.05) is 12.4 Å². The average molecular weight is 282 g/mol. The van der Waals surface area contributed by atoms with Crippen LogP contribution >= 0.6 is 11.6 Å². The first-order chi connectivity index (χ1) is 9.10. The monoisotopic (exact) mass is 281 g/mol. The predicted molar refractivity (Wildman–Crippen MR) is 73.4 cm³/mol. The van der Waals surface area contributed by atoms with Crippen molar-refractivity contribution in [1.82, 2.24) is 0 Å². The van der Waals surface area contributed by atoms with Gasteiger partial charge in [0.25, 0.3) is 0 Å². The van der Waals surface area contributed by atoms with Gasteiger partial charge >= 0.3 is 0 Å². The molecule has 5 heteroatoms. The number of phenolic OH excluding ortho intramolecular Hbond substituents is 1. The van der Waals surface area contributed by atoms with Gasteiger partial charge in [-0.1, -0.05) is 11.6 Å². The van der Waals surface area contributed by atoms with Gasteiger partial charge in [0.05, 0.1) is 12.8 Å². The van der Waals surface area contributed by atoms with E-state index < -0.39 is 5.82 Å². The maximum absolute atomic E-state index is 13.6. The number of nitrogens with one attached hydrogen (secondary N) is 1. The van der Waals surface area contributed by atoms with Crippen molar-refractivity contribution in [3.05, 3.63) is 52.8 Å². The van der Waals surface area contributed by atoms with Gasteiger partial charge in [0.2, 0.25) is 0 Å². The van der Waals surface area contributed by atoms with Crippen molar-refractivity contribution in [1.29, 1.82) is 0 Å². The molecule has 0 atom stereocenters. The quantitative estimate of drug-likeness (QED) is 0.895. The van der Waals surface area contributed by atoms with E-state index in [1.165, 1.54) is 12.1 Å². The summed E-state index contributed by atoms with van der Waals surface area (Å²) in [7, 11) is 1.54. The van der Waals surface area contributed by atoms with E-state index in [0.717, 1.165) is 0 Å². The molecule has 0 radical (unpaired) electrons. The van der Waals surface area contributed by atoms with Crippen LogP contribution in [0, 0.1) is 5.82 Å². The molecule has 0 bridgehead atoms. The number of anilines is 1. The highest BCUT2D eigenvalue weighted by Gasteiger charge is 2.06. The predicted octanol–water partition coefficient (Wildman–Crippen LogP) is 3.81. The molecule has 0 unspecified atom stereocenters. The smallest absolute Gasteiger partial charge is 0.147 e. The fourth-order valence-electron chi connectivity index (χ4n) is 1.65. The Morgan fingerprint density at radius 1 is 1.26 bits per heavy atom. The van der Waals surface area contributed by atoms with Gasteiger partial charge in [-0.15, -0.1) is 0 Å². The number of hydrogen-bond acceptors (Lipinski definition) is 3. The number of ether oxygens (including phenoxy) is 1. The number of methoxy groups -OCH3 is 1. The van der Waals surface area contributed by atoms with Crippen molar-refractivity contribution in [2.45, 2.75) is 6.54 Å². The van der Waals surface area contributed by atoms with E-state index in [4.69, 9.17) is 16.3 Å². The molecule has 0 heterocycles. The molecule has 0 saturated carbocycles. The number of hydrogen-bond donors (Lipinski definition) is 2. The summed E-state index contributed by atoms with van der Waals surface area (Å²) in [6.07, 6.45) is 0. The topological polar surface area (TPSA) is 41.5 Å². The van der Waals surface area contributed by atoms with Crippen LogP contribution in [0.1, 0.15) is 5.56 Å². The van der Waals surface area contributed by atoms with Crippen LogP contribution in [0.15, 0.2) is 36.4 Å². The van der Waals surface area contributed by atoms with Crippen LogP contribution in [0.25, 0.3) is 0 Å². The van der Waals surface area contributed by atoms with Gasteiger partial charge in [-0.05, 0) is 36.4 Å². The molecule has 0 aromatic heterocycles. The lowest BCUT2D eigenvalue weighted by Crippen LogP contribution is -2.02. The third-order valence-electron chi connectivity index (χ3n) is 2.69. The minimum atomic E-state index is -0.435. The van der Waals surface area contributed by atoms with Crippen LogP contribution < -0.4 is 10.1 Å². The van der Waals surface area contributed by atoms with Crippen molar-refractivity contribution in [2.24, 2.45) is 0 Å². The first-order valence-corrected chi connectivity index (χ1v) is 6.03. The third kappa shape index (κ3) is 3.29. The summed E-state index contributed by atoms with van der Waals surface area (Å²) in [5, 5.41) is 13.0. The van der Waals surface area contributed by atoms with Gasteiger partial charge in [-0.25, -0.2) is 4.39 Å². The van der Waals surface area contributed by atoms with E-state index in [1.807, 2.05) is 0 Å². The molecule has 3 nitrogen and oxygen atoms in total. The normalized spacial score (nSPS) is 10.3. The fourth-order valence-corrected chi connectivity index (χ4v) is 1.81. The Labute approximate surface area is 115 Å². The summed E-state index contributed by atoms with van der Waals surface area (Å²) in [6.45, 7) is 0.279. The van der Waals surface area contributed by atoms with Gasteiger partial charge in [-0.3, -0.25) is 0 Å². The molecule has 0 spiro atoms. The Hall–Kier alpha value is -1.94. The first-order valence-electron chi connectivity index (χ1n) is 5.65. The molecule has 0 aliphatic heterocycles. The summed E-state index contributed by atoms with van der Waals surface area (Å²) in [5.41, 5.74) is 0.945. The van der Waals surface area contributed by atoms with E-state index in [9.17, 15) is 9.50 Å². The van der Waals surface area contributed by atoms with E-state index in [2.05, 4.69) is 5.32 Å². The van der Waals surface area contributed by atoms with Gasteiger partial charge < -0.3 is 15.2 Å². The number of benzene rings is 2. The zero-order chi connectivity index (χ0) is 13.8. The number of phenols is 1. The Morgan fingerprint density at radius 3 is 2.74 bits per heavy atom. The number of rotatable bonds is 4. The van der Waals surface area contributed by atoms with Crippen LogP contribution in [0.2, 0.25) is 5.02 Å². The van der Waals surface area contributed by atoms with Gasteiger partial charge in [0.15, 0.2) is 0 Å². The molecule has 0 aliphatic rings. The summed E-state index contributed by atoms with van der Waals surface area (Å²) < 4.78 is 18.6. The Kier molecular flexibility index (Phi) is 4.12. The minimum absolute atomic E-state index is 0.127. The molecule has 0 saturated heterocycles. The summed E-state index contributed by atoms with van der Waals surface area (Å²) in [6, 6.07) is 9.26. The van der Waals surface area contributed by atoms with E-state index in [-0.39, 0.29) is 12.3 Å². The van der Waals surface area contributed by atoms with Crippen molar-refractivity contribution < 1.29 is 14.2 Å². The summed E-state index contributed by atoms with van der Waals surface area (Å²) in [4.78, 5) is 0. The maximum atomic E-state index is 13.6. The minimum Gasteiger partial charge on any atom is -0.508 e. The SMILES string of the molecule is COc1ccc(O)c(CNc2ccc(Cl)cc2F)c1. The zero-order valence-corrected chi connectivity index (χ0v) is 11.0. The lowest BCUT2D eigenvalue weighted by atomic mass is 10.2. The highest BCUT2D eigenvalue weighted by molar-refractivity contribution is 6.30. The van der Waals surface area contributed by atoms with E-state index in [1.54, 1.807) is 31.4 Å². The molecule has 19 heavy (non-hydrogen) atoms. The standard InChI is InChI=1S/C14H13ClFNO2/c1-19-11-3-5-14(18)9(6-11)8-17-13-4-2-10(15)7-12(13)16/h2-7,17-18H,8H2,1H3. The second kappa shape index (κ2) is 5.80. The second-order valence-electron chi connectivity index (χ2n) is 3.97. The van der Waals surface area contributed by atoms with Gasteiger partial charge in [-0.2, -0.15) is 0 Å². The Morgan fingerprint density at radius 2 is 2.05 bits per heavy atom. The molecular formula is C14H13ClFNO2. The number of aromatic hydroxyl groups is 1. The summed E-state index contributed by atoms with van der Waals surface area (Å²) >= 11 is 5.67. The molecule has 100 valence electrons. The fraction of sp³-hybridized carbons (Fsp3) is 0.143. The van der Waals surface area contributed by atoms with Crippen molar-refractivity contribution in [3.8, 4) is 11.5 Å². The Balaban J connectivity index is 2.14. The summed E-state index contributed by atoms with van der Waals surface area (Å²) in [5.74, 6) is 0.323. The molecular weight excluding hydrogens is 269 g/mol. The lowest BCUT2D eigenvalue weighted by Gasteiger charge is -2.10. The van der Waals surface area contributed by atoms with Crippen LogP contribution in [0.5, 0.6) is 11.5 Å². The highest BCUT2D eigenvalue weighted by Crippen LogP contribution is 2.25. The molecule has 2 aromatic carbocycles. The van der Waals surface area contributed by atoms with Crippen LogP contribution in [0.4, 0.5) is 10.1 Å². The molecule has 0 amide bonds. The van der Waals surface area contributed by atoms with Crippen LogP contribution in [0.3, 0.4) is 0 Å². The van der Waals surface area contributed by atoms with Gasteiger partial charge in [0.1, 0.15) is 17.3 Å². The van der Waals surface area contributed by atoms with E-state index in [0.29, 0.717) is 22.0 Å². The first kappa shape index (κ1) is 13.5. The average Bonchev–Trinajstić information content (AvgIpc) is 2.39. The lowest BCUT2D eigenvalue weighted by molar-refractivity contribution is 0.411. The third-order valence-corrected chi connectivity index (χ3v) is 2.92.